The zero-order valence-electron chi connectivity index (χ0n) is 19.8. The molecule has 4 aromatic rings. The maximum atomic E-state index is 13.3. The third-order valence-electron chi connectivity index (χ3n) is 6.80. The van der Waals surface area contributed by atoms with Gasteiger partial charge in [0, 0.05) is 24.2 Å². The first kappa shape index (κ1) is 22.8. The van der Waals surface area contributed by atoms with Crippen molar-refractivity contribution < 1.29 is 19.1 Å². The van der Waals surface area contributed by atoms with E-state index in [0.29, 0.717) is 29.6 Å². The van der Waals surface area contributed by atoms with Crippen molar-refractivity contribution in [3.63, 3.8) is 0 Å². The SMILES string of the molecule is CCN(C(=O)C1CCC(C)CC1)c1nn(-c2ccc(-c3nc4ccccc4o3)cc2)cc1C(=O)O. The van der Waals surface area contributed by atoms with Gasteiger partial charge in [0.1, 0.15) is 11.1 Å². The number of oxazole rings is 1. The number of benzene rings is 2. The van der Waals surface area contributed by atoms with Crippen LogP contribution in [0.15, 0.2) is 59.1 Å². The first-order chi connectivity index (χ1) is 16.9. The number of carboxylic acids is 1. The maximum absolute atomic E-state index is 13.3. The molecule has 35 heavy (non-hydrogen) atoms. The van der Waals surface area contributed by atoms with Crippen LogP contribution in [0.2, 0.25) is 0 Å². The van der Waals surface area contributed by atoms with E-state index in [2.05, 4.69) is 17.0 Å². The largest absolute Gasteiger partial charge is 0.477 e. The molecule has 1 fully saturated rings. The van der Waals surface area contributed by atoms with E-state index in [1.165, 1.54) is 15.8 Å². The van der Waals surface area contributed by atoms with E-state index >= 15 is 0 Å². The molecule has 0 aliphatic heterocycles. The van der Waals surface area contributed by atoms with Crippen LogP contribution in [0, 0.1) is 11.8 Å². The lowest BCUT2D eigenvalue weighted by Gasteiger charge is -2.29. The quantitative estimate of drug-likeness (QED) is 0.394. The van der Waals surface area contributed by atoms with Crippen molar-refractivity contribution in [1.82, 2.24) is 14.8 Å². The third kappa shape index (κ3) is 4.43. The van der Waals surface area contributed by atoms with Crippen LogP contribution in [0.25, 0.3) is 28.2 Å². The molecular weight excluding hydrogens is 444 g/mol. The summed E-state index contributed by atoms with van der Waals surface area (Å²) in [6, 6.07) is 14.9. The van der Waals surface area contributed by atoms with Gasteiger partial charge in [0.25, 0.3) is 0 Å². The summed E-state index contributed by atoms with van der Waals surface area (Å²) in [5.74, 6) is 0.0758. The minimum Gasteiger partial charge on any atom is -0.477 e. The monoisotopic (exact) mass is 472 g/mol. The Morgan fingerprint density at radius 1 is 1.09 bits per heavy atom. The predicted octanol–water partition coefficient (Wildman–Crippen LogP) is 5.56. The fraction of sp³-hybridized carbons (Fsp3) is 0.333. The van der Waals surface area contributed by atoms with Crippen molar-refractivity contribution in [1.29, 1.82) is 0 Å². The number of carboxylic acid groups (broad SMARTS) is 1. The minimum absolute atomic E-state index is 0.00686. The van der Waals surface area contributed by atoms with E-state index in [-0.39, 0.29) is 23.2 Å². The predicted molar refractivity (Wildman–Crippen MR) is 133 cm³/mol. The van der Waals surface area contributed by atoms with Gasteiger partial charge >= 0.3 is 5.97 Å². The zero-order chi connectivity index (χ0) is 24.5. The first-order valence-electron chi connectivity index (χ1n) is 12.0. The number of anilines is 1. The summed E-state index contributed by atoms with van der Waals surface area (Å²) < 4.78 is 7.34. The number of aromatic nitrogens is 3. The molecule has 8 nitrogen and oxygen atoms in total. The molecule has 2 aromatic carbocycles. The number of rotatable bonds is 6. The van der Waals surface area contributed by atoms with Crippen LogP contribution >= 0.6 is 0 Å². The number of hydrogen-bond donors (Lipinski definition) is 1. The fourth-order valence-corrected chi connectivity index (χ4v) is 4.74. The fourth-order valence-electron chi connectivity index (χ4n) is 4.74. The smallest absolute Gasteiger partial charge is 0.341 e. The van der Waals surface area contributed by atoms with Crippen molar-refractivity contribution in [2.45, 2.75) is 39.5 Å². The van der Waals surface area contributed by atoms with Crippen LogP contribution in [-0.4, -0.2) is 38.3 Å². The van der Waals surface area contributed by atoms with Crippen molar-refractivity contribution >= 4 is 28.8 Å². The summed E-state index contributed by atoms with van der Waals surface area (Å²) in [4.78, 5) is 31.4. The highest BCUT2D eigenvalue weighted by Gasteiger charge is 2.32. The second-order valence-electron chi connectivity index (χ2n) is 9.19. The summed E-state index contributed by atoms with van der Waals surface area (Å²) in [6.45, 7) is 4.42. The Balaban J connectivity index is 1.43. The molecule has 0 saturated heterocycles. The van der Waals surface area contributed by atoms with Gasteiger partial charge in [-0.2, -0.15) is 0 Å². The Morgan fingerprint density at radius 2 is 1.80 bits per heavy atom. The van der Waals surface area contributed by atoms with Gasteiger partial charge in [-0.05, 0) is 74.9 Å². The lowest BCUT2D eigenvalue weighted by Crippen LogP contribution is -2.38. The summed E-state index contributed by atoms with van der Waals surface area (Å²) >= 11 is 0. The highest BCUT2D eigenvalue weighted by Crippen LogP contribution is 2.32. The number of carbonyl (C=O) groups is 2. The molecule has 1 aliphatic rings. The van der Waals surface area contributed by atoms with Gasteiger partial charge in [-0.3, -0.25) is 9.69 Å². The summed E-state index contributed by atoms with van der Waals surface area (Å²) in [5.41, 5.74) is 2.98. The standard InChI is InChI=1S/C27H28N4O4/c1-3-30(26(32)19-10-8-17(2)9-11-19)24-21(27(33)34)16-31(29-24)20-14-12-18(13-15-20)25-28-22-6-4-5-7-23(22)35-25/h4-7,12-17,19H,3,8-11H2,1-2H3,(H,33,34). The second-order valence-corrected chi connectivity index (χ2v) is 9.19. The number of nitrogens with zero attached hydrogens (tertiary/aromatic N) is 4. The van der Waals surface area contributed by atoms with Gasteiger partial charge < -0.3 is 9.52 Å². The number of hydrogen-bond acceptors (Lipinski definition) is 5. The molecule has 1 amide bonds. The van der Waals surface area contributed by atoms with Gasteiger partial charge in [0.15, 0.2) is 11.4 Å². The number of para-hydroxylation sites is 2. The molecule has 180 valence electrons. The van der Waals surface area contributed by atoms with Crippen molar-refractivity contribution in [3.8, 4) is 17.1 Å². The Labute approximate surface area is 203 Å². The molecule has 0 unspecified atom stereocenters. The lowest BCUT2D eigenvalue weighted by atomic mass is 9.82. The van der Waals surface area contributed by atoms with Crippen LogP contribution in [0.5, 0.6) is 0 Å². The second kappa shape index (κ2) is 9.37. The molecule has 5 rings (SSSR count). The van der Waals surface area contributed by atoms with E-state index in [0.717, 1.165) is 36.8 Å². The highest BCUT2D eigenvalue weighted by molar-refractivity contribution is 6.01. The van der Waals surface area contributed by atoms with E-state index in [4.69, 9.17) is 4.42 Å². The normalized spacial score (nSPS) is 18.0. The van der Waals surface area contributed by atoms with Crippen molar-refractivity contribution in [2.75, 3.05) is 11.4 Å². The van der Waals surface area contributed by atoms with E-state index in [1.54, 1.807) is 0 Å². The van der Waals surface area contributed by atoms with Crippen LogP contribution in [-0.2, 0) is 4.79 Å². The van der Waals surface area contributed by atoms with E-state index in [1.807, 2.05) is 55.5 Å². The van der Waals surface area contributed by atoms with Gasteiger partial charge in [-0.1, -0.05) is 19.1 Å². The number of fused-ring (bicyclic) bond motifs is 1. The highest BCUT2D eigenvalue weighted by atomic mass is 16.4. The van der Waals surface area contributed by atoms with Crippen LogP contribution in [0.4, 0.5) is 5.82 Å². The van der Waals surface area contributed by atoms with E-state index < -0.39 is 5.97 Å². The number of aromatic carboxylic acids is 1. The molecule has 2 aromatic heterocycles. The van der Waals surface area contributed by atoms with Crippen LogP contribution in [0.1, 0.15) is 49.9 Å². The molecule has 1 N–H and O–H groups in total. The van der Waals surface area contributed by atoms with Crippen molar-refractivity contribution in [3.05, 3.63) is 60.3 Å². The first-order valence-corrected chi connectivity index (χ1v) is 12.0. The topological polar surface area (TPSA) is 101 Å². The summed E-state index contributed by atoms with van der Waals surface area (Å²) in [7, 11) is 0. The lowest BCUT2D eigenvalue weighted by molar-refractivity contribution is -0.123. The van der Waals surface area contributed by atoms with Gasteiger partial charge in [0.05, 0.1) is 5.69 Å². The van der Waals surface area contributed by atoms with Crippen LogP contribution in [0.3, 0.4) is 0 Å². The molecular formula is C27H28N4O4. The van der Waals surface area contributed by atoms with Crippen LogP contribution < -0.4 is 4.90 Å². The molecule has 0 radical (unpaired) electrons. The third-order valence-corrected chi connectivity index (χ3v) is 6.80. The number of amides is 1. The Morgan fingerprint density at radius 3 is 2.46 bits per heavy atom. The van der Waals surface area contributed by atoms with E-state index in [9.17, 15) is 14.7 Å². The Bertz CT molecular complexity index is 1330. The molecule has 0 bridgehead atoms. The van der Waals surface area contributed by atoms with Gasteiger partial charge in [0.2, 0.25) is 11.8 Å². The Kier molecular flexibility index (Phi) is 6.11. The summed E-state index contributed by atoms with van der Waals surface area (Å²) in [5, 5.41) is 14.4. The molecule has 1 aliphatic carbocycles. The molecule has 0 atom stereocenters. The maximum Gasteiger partial charge on any atom is 0.341 e. The van der Waals surface area contributed by atoms with Gasteiger partial charge in [-0.15, -0.1) is 5.10 Å². The number of carbonyl (C=O) groups excluding carboxylic acids is 1. The Hall–Kier alpha value is -3.94. The molecule has 1 saturated carbocycles. The summed E-state index contributed by atoms with van der Waals surface area (Å²) in [6.07, 6.45) is 5.15. The average molecular weight is 473 g/mol. The molecule has 0 spiro atoms. The molecule has 2 heterocycles. The van der Waals surface area contributed by atoms with Gasteiger partial charge in [-0.25, -0.2) is 14.5 Å². The van der Waals surface area contributed by atoms with Crippen molar-refractivity contribution in [2.24, 2.45) is 11.8 Å². The zero-order valence-corrected chi connectivity index (χ0v) is 19.8. The average Bonchev–Trinajstić information content (AvgIpc) is 3.50. The minimum atomic E-state index is -1.11. The molecule has 8 heteroatoms.